The van der Waals surface area contributed by atoms with E-state index >= 15 is 0 Å². The lowest BCUT2D eigenvalue weighted by molar-refractivity contribution is -0.384. The molecule has 0 unspecified atom stereocenters. The first-order chi connectivity index (χ1) is 16.4. The van der Waals surface area contributed by atoms with Crippen LogP contribution in [0.4, 0.5) is 18.9 Å². The number of carbonyl (C=O) groups is 2. The highest BCUT2D eigenvalue weighted by molar-refractivity contribution is 5.96. The maximum atomic E-state index is 11.3. The summed E-state index contributed by atoms with van der Waals surface area (Å²) >= 11 is 0. The molecule has 4 aromatic rings. The zero-order valence-corrected chi connectivity index (χ0v) is 17.4. The van der Waals surface area contributed by atoms with Gasteiger partial charge in [0.05, 0.1) is 16.0 Å². The minimum atomic E-state index is -5.08. The highest BCUT2D eigenvalue weighted by Crippen LogP contribution is 2.27. The van der Waals surface area contributed by atoms with Crippen LogP contribution in [0.5, 0.6) is 11.5 Å². The maximum Gasteiger partial charge on any atom is 0.490 e. The number of benzene rings is 3. The van der Waals surface area contributed by atoms with Crippen molar-refractivity contribution in [2.45, 2.75) is 6.18 Å². The Hall–Kier alpha value is -4.94. The summed E-state index contributed by atoms with van der Waals surface area (Å²) in [5, 5.41) is 17.8. The van der Waals surface area contributed by atoms with Gasteiger partial charge < -0.3 is 20.6 Å². The number of nitrogens with two attached hydrogens (primary N) is 1. The summed E-state index contributed by atoms with van der Waals surface area (Å²) in [4.78, 5) is 38.1. The summed E-state index contributed by atoms with van der Waals surface area (Å²) in [6.45, 7) is 0. The molecule has 0 fully saturated rings. The van der Waals surface area contributed by atoms with Crippen LogP contribution in [0.3, 0.4) is 0 Å². The number of aromatic nitrogens is 2. The second kappa shape index (κ2) is 9.91. The van der Waals surface area contributed by atoms with E-state index in [9.17, 15) is 28.1 Å². The maximum absolute atomic E-state index is 11.3. The van der Waals surface area contributed by atoms with Crippen LogP contribution in [-0.2, 0) is 4.79 Å². The van der Waals surface area contributed by atoms with Gasteiger partial charge >= 0.3 is 12.1 Å². The standard InChI is InChI=1S/C20H14N4O4.C2HF3O2/c21-19(25)13-3-10-17-18(11-13)23-20(22-17)12-1-6-15(7-2-12)28-16-8-4-14(5-9-16)24(26)27;3-2(4,5)1(6)7/h1-11H,(H2,21,25)(H,22,23);(H,6,7). The van der Waals surface area contributed by atoms with E-state index < -0.39 is 23.0 Å². The Labute approximate surface area is 193 Å². The molecular weight excluding hydrogens is 473 g/mol. The van der Waals surface area contributed by atoms with E-state index in [1.165, 1.54) is 12.1 Å². The lowest BCUT2D eigenvalue weighted by Crippen LogP contribution is -2.21. The first kappa shape index (κ1) is 24.7. The third kappa shape index (κ3) is 6.31. The third-order valence-corrected chi connectivity index (χ3v) is 4.42. The van der Waals surface area contributed by atoms with Crippen LogP contribution in [0.25, 0.3) is 22.4 Å². The SMILES string of the molecule is NC(=O)c1ccc2nc(-c3ccc(Oc4ccc([N+](=O)[O-])cc4)cc3)[nH]c2c1.O=C(O)C(F)(F)F. The van der Waals surface area contributed by atoms with Gasteiger partial charge in [0.15, 0.2) is 0 Å². The van der Waals surface area contributed by atoms with Crippen LogP contribution in [0, 0.1) is 10.1 Å². The second-order valence-corrected chi connectivity index (χ2v) is 6.86. The zero-order valence-electron chi connectivity index (χ0n) is 17.4. The molecule has 13 heteroatoms. The summed E-state index contributed by atoms with van der Waals surface area (Å²) < 4.78 is 37.4. The number of nitrogens with one attached hydrogen (secondary N) is 1. The van der Waals surface area contributed by atoms with E-state index in [0.29, 0.717) is 22.9 Å². The van der Waals surface area contributed by atoms with Crippen LogP contribution in [0.2, 0.25) is 0 Å². The predicted octanol–water partition coefficient (Wildman–Crippen LogP) is 4.66. The van der Waals surface area contributed by atoms with Gasteiger partial charge in [-0.3, -0.25) is 14.9 Å². The van der Waals surface area contributed by atoms with Crippen molar-refractivity contribution in [1.29, 1.82) is 0 Å². The van der Waals surface area contributed by atoms with Crippen molar-refractivity contribution >= 4 is 28.6 Å². The third-order valence-electron chi connectivity index (χ3n) is 4.42. The van der Waals surface area contributed by atoms with Gasteiger partial charge in [-0.25, -0.2) is 9.78 Å². The summed E-state index contributed by atoms with van der Waals surface area (Å²) in [5.41, 5.74) is 8.01. The largest absolute Gasteiger partial charge is 0.490 e. The number of rotatable bonds is 5. The summed E-state index contributed by atoms with van der Waals surface area (Å²) in [7, 11) is 0. The minimum Gasteiger partial charge on any atom is -0.475 e. The first-order valence-corrected chi connectivity index (χ1v) is 9.56. The quantitative estimate of drug-likeness (QED) is 0.272. The average molecular weight is 488 g/mol. The van der Waals surface area contributed by atoms with Gasteiger partial charge in [-0.05, 0) is 54.6 Å². The van der Waals surface area contributed by atoms with Gasteiger partial charge in [0.1, 0.15) is 17.3 Å². The summed E-state index contributed by atoms with van der Waals surface area (Å²) in [5.74, 6) is -1.51. The van der Waals surface area contributed by atoms with Crippen molar-refractivity contribution in [3.63, 3.8) is 0 Å². The molecule has 4 rings (SSSR count). The number of hydrogen-bond acceptors (Lipinski definition) is 6. The number of amides is 1. The number of nitrogens with zero attached hydrogens (tertiary/aromatic N) is 2. The van der Waals surface area contributed by atoms with Gasteiger partial charge in [-0.1, -0.05) is 0 Å². The van der Waals surface area contributed by atoms with Gasteiger partial charge in [-0.15, -0.1) is 0 Å². The molecule has 35 heavy (non-hydrogen) atoms. The monoisotopic (exact) mass is 488 g/mol. The Kier molecular flexibility index (Phi) is 6.99. The average Bonchev–Trinajstić information content (AvgIpc) is 3.23. The number of fused-ring (bicyclic) bond motifs is 1. The lowest BCUT2D eigenvalue weighted by atomic mass is 10.2. The molecule has 0 aliphatic rings. The Morgan fingerprint density at radius 1 is 1.00 bits per heavy atom. The number of non-ortho nitro benzene ring substituents is 1. The molecule has 1 aromatic heterocycles. The van der Waals surface area contributed by atoms with E-state index in [4.69, 9.17) is 20.4 Å². The Morgan fingerprint density at radius 3 is 2.03 bits per heavy atom. The Balaban J connectivity index is 0.000000429. The normalized spacial score (nSPS) is 10.8. The van der Waals surface area contributed by atoms with Crippen molar-refractivity contribution < 1.29 is 37.5 Å². The highest BCUT2D eigenvalue weighted by atomic mass is 19.4. The fourth-order valence-electron chi connectivity index (χ4n) is 2.75. The highest BCUT2D eigenvalue weighted by Gasteiger charge is 2.38. The summed E-state index contributed by atoms with van der Waals surface area (Å²) in [6.07, 6.45) is -5.08. The van der Waals surface area contributed by atoms with Crippen molar-refractivity contribution in [2.24, 2.45) is 5.73 Å². The Morgan fingerprint density at radius 2 is 1.54 bits per heavy atom. The van der Waals surface area contributed by atoms with Crippen LogP contribution in [0.15, 0.2) is 66.7 Å². The van der Waals surface area contributed by atoms with Crippen molar-refractivity contribution in [3.05, 3.63) is 82.4 Å². The molecule has 0 spiro atoms. The molecule has 4 N–H and O–H groups in total. The van der Waals surface area contributed by atoms with Crippen molar-refractivity contribution in [1.82, 2.24) is 9.97 Å². The number of aliphatic carboxylic acids is 1. The molecule has 1 heterocycles. The van der Waals surface area contributed by atoms with Crippen molar-refractivity contribution in [3.8, 4) is 22.9 Å². The number of nitro groups is 1. The number of alkyl halides is 3. The number of halogens is 3. The van der Waals surface area contributed by atoms with E-state index in [-0.39, 0.29) is 5.69 Å². The van der Waals surface area contributed by atoms with Gasteiger partial charge in [0, 0.05) is 23.3 Å². The number of nitro benzene ring substituents is 1. The van der Waals surface area contributed by atoms with Crippen molar-refractivity contribution in [2.75, 3.05) is 0 Å². The molecule has 180 valence electrons. The molecule has 0 aliphatic carbocycles. The van der Waals surface area contributed by atoms with Crippen LogP contribution >= 0.6 is 0 Å². The number of imidazole rings is 1. The topological polar surface area (TPSA) is 161 Å². The number of carbonyl (C=O) groups excluding carboxylic acids is 1. The van der Waals surface area contributed by atoms with E-state index in [1.807, 2.05) is 12.1 Å². The molecule has 10 nitrogen and oxygen atoms in total. The number of primary amides is 1. The number of hydrogen-bond donors (Lipinski definition) is 3. The number of carboxylic acid groups (broad SMARTS) is 1. The molecule has 3 aromatic carbocycles. The molecule has 0 saturated heterocycles. The van der Waals surface area contributed by atoms with E-state index in [2.05, 4.69) is 9.97 Å². The molecule has 0 aliphatic heterocycles. The first-order valence-electron chi connectivity index (χ1n) is 9.56. The fourth-order valence-corrected chi connectivity index (χ4v) is 2.75. The number of ether oxygens (including phenoxy) is 1. The molecule has 0 saturated carbocycles. The number of aromatic amines is 1. The number of H-pyrrole nitrogens is 1. The fraction of sp³-hybridized carbons (Fsp3) is 0.0455. The summed E-state index contributed by atoms with van der Waals surface area (Å²) in [6, 6.07) is 18.1. The van der Waals surface area contributed by atoms with Gasteiger partial charge in [0.2, 0.25) is 5.91 Å². The van der Waals surface area contributed by atoms with E-state index in [0.717, 1.165) is 16.6 Å². The van der Waals surface area contributed by atoms with Crippen LogP contribution in [-0.4, -0.2) is 38.1 Å². The molecule has 0 radical (unpaired) electrons. The Bertz CT molecular complexity index is 1380. The predicted molar refractivity (Wildman–Crippen MR) is 117 cm³/mol. The zero-order chi connectivity index (χ0) is 25.8. The molecule has 0 atom stereocenters. The smallest absolute Gasteiger partial charge is 0.475 e. The molecule has 0 bridgehead atoms. The van der Waals surface area contributed by atoms with Crippen LogP contribution in [0.1, 0.15) is 10.4 Å². The minimum absolute atomic E-state index is 0.00655. The second-order valence-electron chi connectivity index (χ2n) is 6.86. The van der Waals surface area contributed by atoms with Gasteiger partial charge in [-0.2, -0.15) is 13.2 Å². The number of carboxylic acids is 1. The molecule has 1 amide bonds. The van der Waals surface area contributed by atoms with Gasteiger partial charge in [0.25, 0.3) is 5.69 Å². The molecular formula is C22H15F3N4O6. The lowest BCUT2D eigenvalue weighted by Gasteiger charge is -2.06. The van der Waals surface area contributed by atoms with E-state index in [1.54, 1.807) is 42.5 Å². The van der Waals surface area contributed by atoms with Crippen LogP contribution < -0.4 is 10.5 Å².